The maximum absolute atomic E-state index is 6.30. The lowest BCUT2D eigenvalue weighted by Crippen LogP contribution is -2.56. The van der Waals surface area contributed by atoms with Crippen LogP contribution in [0.5, 0.6) is 0 Å². The largest absolute Gasteiger partial charge is 0.374 e. The Balaban J connectivity index is 2.10. The molecule has 100 valence electrons. The third kappa shape index (κ3) is 2.85. The monoisotopic (exact) mass is 239 g/mol. The summed E-state index contributed by atoms with van der Waals surface area (Å²) in [5.74, 6) is 0.865. The van der Waals surface area contributed by atoms with Crippen LogP contribution in [0.2, 0.25) is 0 Å². The lowest BCUT2D eigenvalue weighted by molar-refractivity contribution is -0.0963. The zero-order chi connectivity index (χ0) is 12.1. The smallest absolute Gasteiger partial charge is 0.0837 e. The molecule has 1 atom stereocenters. The van der Waals surface area contributed by atoms with Gasteiger partial charge in [0.15, 0.2) is 0 Å². The number of nitrogens with one attached hydrogen (secondary N) is 1. The van der Waals surface area contributed by atoms with Gasteiger partial charge in [0.05, 0.1) is 5.60 Å². The lowest BCUT2D eigenvalue weighted by atomic mass is 9.70. The first-order chi connectivity index (χ1) is 8.32. The molecular weight excluding hydrogens is 210 g/mol. The van der Waals surface area contributed by atoms with Crippen molar-refractivity contribution >= 4 is 0 Å². The summed E-state index contributed by atoms with van der Waals surface area (Å²) in [7, 11) is 2.13. The molecule has 2 saturated carbocycles. The van der Waals surface area contributed by atoms with Gasteiger partial charge in [0, 0.05) is 12.6 Å². The molecule has 2 rings (SSSR count). The van der Waals surface area contributed by atoms with Crippen LogP contribution in [0.4, 0.5) is 0 Å². The molecule has 0 saturated heterocycles. The van der Waals surface area contributed by atoms with Gasteiger partial charge in [-0.05, 0) is 45.6 Å². The van der Waals surface area contributed by atoms with Crippen LogP contribution in [0.3, 0.4) is 0 Å². The fourth-order valence-corrected chi connectivity index (χ4v) is 3.86. The Morgan fingerprint density at radius 2 is 1.76 bits per heavy atom. The highest BCUT2D eigenvalue weighted by atomic mass is 16.5. The average molecular weight is 239 g/mol. The molecule has 0 aromatic rings. The number of hydrogen-bond donors (Lipinski definition) is 1. The van der Waals surface area contributed by atoms with Crippen LogP contribution in [-0.4, -0.2) is 25.3 Å². The average Bonchev–Trinajstić information content (AvgIpc) is 2.50. The van der Waals surface area contributed by atoms with Crippen molar-refractivity contribution in [2.75, 3.05) is 13.7 Å². The normalized spacial score (nSPS) is 27.2. The van der Waals surface area contributed by atoms with E-state index >= 15 is 0 Å². The van der Waals surface area contributed by atoms with Crippen LogP contribution in [0.25, 0.3) is 0 Å². The lowest BCUT2D eigenvalue weighted by Gasteiger charge is -2.47. The summed E-state index contributed by atoms with van der Waals surface area (Å²) in [6.07, 6.45) is 12.3. The predicted molar refractivity (Wildman–Crippen MR) is 72.2 cm³/mol. The predicted octanol–water partition coefficient (Wildman–Crippen LogP) is 3.50. The molecule has 0 aromatic heterocycles. The molecule has 0 aliphatic heterocycles. The second-order valence-corrected chi connectivity index (χ2v) is 5.87. The van der Waals surface area contributed by atoms with E-state index in [0.717, 1.165) is 12.5 Å². The van der Waals surface area contributed by atoms with Crippen LogP contribution < -0.4 is 5.32 Å². The summed E-state index contributed by atoms with van der Waals surface area (Å²) in [5.41, 5.74) is 0.144. The summed E-state index contributed by atoms with van der Waals surface area (Å²) in [4.78, 5) is 0. The number of rotatable bonds is 5. The van der Waals surface area contributed by atoms with Gasteiger partial charge in [-0.2, -0.15) is 0 Å². The second kappa shape index (κ2) is 6.19. The van der Waals surface area contributed by atoms with Gasteiger partial charge in [-0.15, -0.1) is 0 Å². The minimum atomic E-state index is 0.144. The molecule has 2 aliphatic rings. The fraction of sp³-hybridized carbons (Fsp3) is 1.00. The van der Waals surface area contributed by atoms with E-state index in [1.807, 2.05) is 0 Å². The molecule has 2 aliphatic carbocycles. The third-order valence-corrected chi connectivity index (χ3v) is 4.88. The summed E-state index contributed by atoms with van der Waals surface area (Å²) in [6.45, 7) is 3.02. The molecule has 0 radical (unpaired) electrons. The number of hydrogen-bond acceptors (Lipinski definition) is 2. The van der Waals surface area contributed by atoms with E-state index in [2.05, 4.69) is 19.3 Å². The first kappa shape index (κ1) is 13.4. The quantitative estimate of drug-likeness (QED) is 0.741. The Bertz CT molecular complexity index is 217. The molecule has 2 heteroatoms. The van der Waals surface area contributed by atoms with Crippen molar-refractivity contribution in [3.8, 4) is 0 Å². The van der Waals surface area contributed by atoms with E-state index < -0.39 is 0 Å². The van der Waals surface area contributed by atoms with Crippen molar-refractivity contribution in [2.45, 2.75) is 76.4 Å². The van der Waals surface area contributed by atoms with Gasteiger partial charge in [-0.1, -0.05) is 32.1 Å². The Morgan fingerprint density at radius 1 is 1.12 bits per heavy atom. The van der Waals surface area contributed by atoms with E-state index in [0.29, 0.717) is 6.04 Å². The van der Waals surface area contributed by atoms with Crippen molar-refractivity contribution in [1.82, 2.24) is 5.32 Å². The van der Waals surface area contributed by atoms with Gasteiger partial charge >= 0.3 is 0 Å². The maximum Gasteiger partial charge on any atom is 0.0837 e. The van der Waals surface area contributed by atoms with Gasteiger partial charge in [0.1, 0.15) is 0 Å². The summed E-state index contributed by atoms with van der Waals surface area (Å²) >= 11 is 0. The van der Waals surface area contributed by atoms with E-state index in [1.54, 1.807) is 0 Å². The van der Waals surface area contributed by atoms with E-state index in [9.17, 15) is 0 Å². The molecule has 1 unspecified atom stereocenters. The minimum absolute atomic E-state index is 0.144. The molecule has 0 aromatic carbocycles. The standard InChI is InChI=1S/C15H29NO/c1-3-17-15(11-6-4-5-7-12-15)14(16-2)13-9-8-10-13/h13-14,16H,3-12H2,1-2H3. The highest BCUT2D eigenvalue weighted by molar-refractivity contribution is 4.99. The molecule has 0 bridgehead atoms. The van der Waals surface area contributed by atoms with Crippen LogP contribution in [0.15, 0.2) is 0 Å². The number of likely N-dealkylation sites (N-methyl/N-ethyl adjacent to an activating group) is 1. The third-order valence-electron chi connectivity index (χ3n) is 4.88. The van der Waals surface area contributed by atoms with Gasteiger partial charge in [-0.3, -0.25) is 0 Å². The molecule has 0 heterocycles. The summed E-state index contributed by atoms with van der Waals surface area (Å²) < 4.78 is 6.30. The van der Waals surface area contributed by atoms with Crippen molar-refractivity contribution in [1.29, 1.82) is 0 Å². The SMILES string of the molecule is CCOC1(C(NC)C2CCC2)CCCCCC1. The molecule has 17 heavy (non-hydrogen) atoms. The van der Waals surface area contributed by atoms with Crippen molar-refractivity contribution < 1.29 is 4.74 Å². The van der Waals surface area contributed by atoms with Crippen molar-refractivity contribution in [2.24, 2.45) is 5.92 Å². The zero-order valence-electron chi connectivity index (χ0n) is 11.6. The molecule has 2 nitrogen and oxygen atoms in total. The second-order valence-electron chi connectivity index (χ2n) is 5.87. The summed E-state index contributed by atoms with van der Waals surface area (Å²) in [5, 5.41) is 3.60. The maximum atomic E-state index is 6.30. The van der Waals surface area contributed by atoms with Gasteiger partial charge in [0.25, 0.3) is 0 Å². The zero-order valence-corrected chi connectivity index (χ0v) is 11.6. The van der Waals surface area contributed by atoms with Crippen LogP contribution in [-0.2, 0) is 4.74 Å². The molecular formula is C15H29NO. The Labute approximate surface area is 107 Å². The molecule has 2 fully saturated rings. The minimum Gasteiger partial charge on any atom is -0.374 e. The Hall–Kier alpha value is -0.0800. The molecule has 1 N–H and O–H groups in total. The fourth-order valence-electron chi connectivity index (χ4n) is 3.86. The highest BCUT2D eigenvalue weighted by Gasteiger charge is 2.44. The van der Waals surface area contributed by atoms with Gasteiger partial charge in [0.2, 0.25) is 0 Å². The summed E-state index contributed by atoms with van der Waals surface area (Å²) in [6, 6.07) is 0.592. The van der Waals surface area contributed by atoms with Gasteiger partial charge < -0.3 is 10.1 Å². The van der Waals surface area contributed by atoms with E-state index in [4.69, 9.17) is 4.74 Å². The van der Waals surface area contributed by atoms with Crippen LogP contribution in [0, 0.1) is 5.92 Å². The topological polar surface area (TPSA) is 21.3 Å². The Kier molecular flexibility index (Phi) is 4.87. The van der Waals surface area contributed by atoms with Gasteiger partial charge in [-0.25, -0.2) is 0 Å². The molecule has 0 spiro atoms. The van der Waals surface area contributed by atoms with Crippen molar-refractivity contribution in [3.63, 3.8) is 0 Å². The first-order valence-electron chi connectivity index (χ1n) is 7.63. The highest BCUT2D eigenvalue weighted by Crippen LogP contribution is 2.41. The van der Waals surface area contributed by atoms with E-state index in [1.165, 1.54) is 57.8 Å². The number of ether oxygens (including phenoxy) is 1. The van der Waals surface area contributed by atoms with Crippen LogP contribution >= 0.6 is 0 Å². The van der Waals surface area contributed by atoms with Crippen molar-refractivity contribution in [3.05, 3.63) is 0 Å². The van der Waals surface area contributed by atoms with E-state index in [-0.39, 0.29) is 5.60 Å². The Morgan fingerprint density at radius 3 is 2.18 bits per heavy atom. The van der Waals surface area contributed by atoms with Crippen LogP contribution in [0.1, 0.15) is 64.7 Å². The molecule has 0 amide bonds. The first-order valence-corrected chi connectivity index (χ1v) is 7.63.